The molecule has 2 aromatic heterocycles. The second-order valence-electron chi connectivity index (χ2n) is 7.62. The minimum absolute atomic E-state index is 0.0244. The Labute approximate surface area is 171 Å². The molecule has 2 aliphatic heterocycles. The van der Waals surface area contributed by atoms with Crippen molar-refractivity contribution < 1.29 is 13.9 Å². The van der Waals surface area contributed by atoms with E-state index in [4.69, 9.17) is 0 Å². The Kier molecular flexibility index (Phi) is 4.47. The number of alkyl halides is 1. The number of anilines is 1. The number of rotatable bonds is 4. The summed E-state index contributed by atoms with van der Waals surface area (Å²) in [5, 5.41) is 26.0. The summed E-state index contributed by atoms with van der Waals surface area (Å²) in [4.78, 5) is 1.82. The van der Waals surface area contributed by atoms with Crippen LogP contribution in [-0.4, -0.2) is 56.4 Å². The summed E-state index contributed by atoms with van der Waals surface area (Å²) in [6, 6.07) is 7.99. The normalized spacial score (nSPS) is 24.9. The number of aromatic nitrogens is 4. The summed E-state index contributed by atoms with van der Waals surface area (Å²) >= 11 is 0. The molecule has 2 bridgehead atoms. The number of aromatic hydroxyl groups is 1. The minimum atomic E-state index is -1.03. The van der Waals surface area contributed by atoms with Gasteiger partial charge in [-0.2, -0.15) is 5.10 Å². The zero-order valence-electron chi connectivity index (χ0n) is 16.2. The number of hydrogen-bond donors (Lipinski definition) is 2. The van der Waals surface area contributed by atoms with Gasteiger partial charge in [0.05, 0.1) is 35.9 Å². The fourth-order valence-electron chi connectivity index (χ4n) is 4.11. The third-order valence-electron chi connectivity index (χ3n) is 5.75. The Balaban J connectivity index is 1.36. The predicted octanol–water partition coefficient (Wildman–Crippen LogP) is 2.62. The average Bonchev–Trinajstić information content (AvgIpc) is 3.37. The summed E-state index contributed by atoms with van der Waals surface area (Å²) in [6.07, 6.45) is 5.85. The van der Waals surface area contributed by atoms with Crippen molar-refractivity contribution in [1.29, 1.82) is 0 Å². The number of piperidine rings is 1. The van der Waals surface area contributed by atoms with E-state index in [1.54, 1.807) is 24.3 Å². The van der Waals surface area contributed by atoms with Crippen LogP contribution in [0.2, 0.25) is 0 Å². The molecule has 2 aliphatic rings. The second kappa shape index (κ2) is 7.17. The fourth-order valence-corrected chi connectivity index (χ4v) is 4.11. The van der Waals surface area contributed by atoms with E-state index >= 15 is 0 Å². The third kappa shape index (κ3) is 3.21. The molecule has 0 spiro atoms. The molecule has 0 radical (unpaired) electrons. The van der Waals surface area contributed by atoms with Crippen molar-refractivity contribution in [1.82, 2.24) is 25.3 Å². The van der Waals surface area contributed by atoms with Crippen LogP contribution in [0.25, 0.3) is 16.9 Å². The molecule has 2 unspecified atom stereocenters. The first-order valence-corrected chi connectivity index (χ1v) is 9.68. The first kappa shape index (κ1) is 18.7. The highest BCUT2D eigenvalue weighted by Gasteiger charge is 2.41. The molecular weight excluding hydrogens is 390 g/mol. The topological polar surface area (TPSA) is 79.1 Å². The van der Waals surface area contributed by atoms with E-state index < -0.39 is 12.0 Å². The smallest absolute Gasteiger partial charge is 0.161 e. The first-order valence-electron chi connectivity index (χ1n) is 9.68. The summed E-state index contributed by atoms with van der Waals surface area (Å²) in [7, 11) is 1.82. The van der Waals surface area contributed by atoms with Gasteiger partial charge in [0.25, 0.3) is 0 Å². The molecule has 2 N–H and O–H groups in total. The third-order valence-corrected chi connectivity index (χ3v) is 5.75. The van der Waals surface area contributed by atoms with Gasteiger partial charge in [-0.1, -0.05) is 12.2 Å². The van der Waals surface area contributed by atoms with Gasteiger partial charge in [-0.25, -0.2) is 13.5 Å². The van der Waals surface area contributed by atoms with Crippen molar-refractivity contribution in [2.45, 2.75) is 30.7 Å². The lowest BCUT2D eigenvalue weighted by Crippen LogP contribution is -2.56. The largest absolute Gasteiger partial charge is 0.507 e. The Morgan fingerprint density at radius 1 is 1.20 bits per heavy atom. The molecule has 4 atom stereocenters. The molecule has 0 saturated carbocycles. The Hall–Kier alpha value is -3.33. The van der Waals surface area contributed by atoms with Crippen molar-refractivity contribution >= 4 is 5.82 Å². The van der Waals surface area contributed by atoms with Gasteiger partial charge >= 0.3 is 0 Å². The van der Waals surface area contributed by atoms with Crippen LogP contribution in [-0.2, 0) is 0 Å². The molecule has 3 aromatic rings. The standard InChI is InChI=1S/C21H20F2N6O/c1-28(18-8-13-2-5-17(25-13)21(18)23)20-7-6-16(26-27-20)15-4-3-14(9-19(15)30)29-11-12(22)10-24-29/h2-7,9-11,13,17-18,21,25,30H,8H2,1H3/t13?,17?,18-,21+/m0/s1. The zero-order chi connectivity index (χ0) is 20.8. The summed E-state index contributed by atoms with van der Waals surface area (Å²) in [6.45, 7) is 0. The maximum Gasteiger partial charge on any atom is 0.161 e. The van der Waals surface area contributed by atoms with Crippen LogP contribution in [0, 0.1) is 5.82 Å². The van der Waals surface area contributed by atoms with E-state index in [1.165, 1.54) is 16.9 Å². The highest BCUT2D eigenvalue weighted by atomic mass is 19.1. The number of phenols is 1. The summed E-state index contributed by atoms with van der Waals surface area (Å²) in [5.41, 5.74) is 1.49. The molecule has 4 heterocycles. The van der Waals surface area contributed by atoms with Gasteiger partial charge in [-0.15, -0.1) is 10.2 Å². The monoisotopic (exact) mass is 410 g/mol. The lowest BCUT2D eigenvalue weighted by Gasteiger charge is -2.38. The number of benzene rings is 1. The van der Waals surface area contributed by atoms with E-state index in [2.05, 4.69) is 20.6 Å². The van der Waals surface area contributed by atoms with Crippen LogP contribution >= 0.6 is 0 Å². The quantitative estimate of drug-likeness (QED) is 0.644. The Morgan fingerprint density at radius 2 is 2.07 bits per heavy atom. The fraction of sp³-hybridized carbons (Fsp3) is 0.286. The highest BCUT2D eigenvalue weighted by Crippen LogP contribution is 2.32. The van der Waals surface area contributed by atoms with E-state index in [9.17, 15) is 13.9 Å². The SMILES string of the molecule is CN(c1ccc(-c2ccc(-n3cc(F)cn3)cc2O)nn1)[C@H]1CC2C=CC(N2)[C@H]1F. The molecule has 30 heavy (non-hydrogen) atoms. The second-order valence-corrected chi connectivity index (χ2v) is 7.62. The van der Waals surface area contributed by atoms with Crippen molar-refractivity contribution in [3.05, 3.63) is 60.7 Å². The number of fused-ring (bicyclic) bond motifs is 2. The lowest BCUT2D eigenvalue weighted by atomic mass is 9.95. The molecule has 0 amide bonds. The predicted molar refractivity (Wildman–Crippen MR) is 108 cm³/mol. The number of phenolic OH excluding ortho intramolecular Hbond substituents is 1. The average molecular weight is 410 g/mol. The molecule has 1 fully saturated rings. The van der Waals surface area contributed by atoms with Crippen LogP contribution in [0.1, 0.15) is 6.42 Å². The van der Waals surface area contributed by atoms with Gasteiger partial charge in [-0.05, 0) is 30.7 Å². The molecule has 1 saturated heterocycles. The van der Waals surface area contributed by atoms with E-state index in [0.29, 0.717) is 29.2 Å². The lowest BCUT2D eigenvalue weighted by molar-refractivity contribution is 0.187. The van der Waals surface area contributed by atoms with Gasteiger partial charge in [0.1, 0.15) is 11.9 Å². The summed E-state index contributed by atoms with van der Waals surface area (Å²) in [5.74, 6) is 0.0802. The van der Waals surface area contributed by atoms with Crippen LogP contribution in [0.15, 0.2) is 54.9 Å². The number of halogens is 2. The van der Waals surface area contributed by atoms with Crippen molar-refractivity contribution in [2.24, 2.45) is 0 Å². The van der Waals surface area contributed by atoms with Gasteiger partial charge in [0.15, 0.2) is 11.6 Å². The van der Waals surface area contributed by atoms with Gasteiger partial charge in [-0.3, -0.25) is 0 Å². The molecule has 7 nitrogen and oxygen atoms in total. The van der Waals surface area contributed by atoms with Crippen molar-refractivity contribution in [3.63, 3.8) is 0 Å². The zero-order valence-corrected chi connectivity index (χ0v) is 16.2. The minimum Gasteiger partial charge on any atom is -0.507 e. The van der Waals surface area contributed by atoms with Crippen LogP contribution in [0.5, 0.6) is 5.75 Å². The molecule has 5 rings (SSSR count). The van der Waals surface area contributed by atoms with Crippen LogP contribution in [0.3, 0.4) is 0 Å². The number of hydrogen-bond acceptors (Lipinski definition) is 6. The molecule has 9 heteroatoms. The van der Waals surface area contributed by atoms with E-state index in [-0.39, 0.29) is 23.9 Å². The van der Waals surface area contributed by atoms with Crippen LogP contribution < -0.4 is 10.2 Å². The first-order chi connectivity index (χ1) is 14.5. The van der Waals surface area contributed by atoms with Crippen LogP contribution in [0.4, 0.5) is 14.6 Å². The molecule has 0 aliphatic carbocycles. The number of nitrogens with zero attached hydrogens (tertiary/aromatic N) is 5. The van der Waals surface area contributed by atoms with E-state index in [1.807, 2.05) is 24.1 Å². The Bertz CT molecular complexity index is 1100. The highest BCUT2D eigenvalue weighted by molar-refractivity contribution is 5.69. The maximum absolute atomic E-state index is 14.8. The maximum atomic E-state index is 14.8. The van der Waals surface area contributed by atoms with E-state index in [0.717, 1.165) is 6.20 Å². The number of nitrogens with one attached hydrogen (secondary N) is 1. The molecule has 154 valence electrons. The summed E-state index contributed by atoms with van der Waals surface area (Å²) < 4.78 is 29.3. The Morgan fingerprint density at radius 3 is 2.77 bits per heavy atom. The van der Waals surface area contributed by atoms with Gasteiger partial charge in [0.2, 0.25) is 0 Å². The van der Waals surface area contributed by atoms with Gasteiger partial charge in [0, 0.05) is 24.7 Å². The molecular formula is C21H20F2N6O. The van der Waals surface area contributed by atoms with Gasteiger partial charge < -0.3 is 15.3 Å². The molecule has 1 aromatic carbocycles. The van der Waals surface area contributed by atoms with Crippen molar-refractivity contribution in [2.75, 3.05) is 11.9 Å². The van der Waals surface area contributed by atoms with Crippen molar-refractivity contribution in [3.8, 4) is 22.7 Å².